The van der Waals surface area contributed by atoms with Gasteiger partial charge in [-0.3, -0.25) is 0 Å². The van der Waals surface area contributed by atoms with Crippen molar-refractivity contribution in [2.75, 3.05) is 5.73 Å². The Morgan fingerprint density at radius 2 is 1.33 bits per heavy atom. The highest BCUT2D eigenvalue weighted by Crippen LogP contribution is 2.33. The number of hydrogen-bond donors (Lipinski definition) is 1. The maximum absolute atomic E-state index is 6.11. The highest BCUT2D eigenvalue weighted by Gasteiger charge is 2.15. The van der Waals surface area contributed by atoms with Crippen molar-refractivity contribution in [2.24, 2.45) is 0 Å². The van der Waals surface area contributed by atoms with Gasteiger partial charge in [0.1, 0.15) is 11.4 Å². The third-order valence-electron chi connectivity index (χ3n) is 2.81. The van der Waals surface area contributed by atoms with Gasteiger partial charge in [-0.05, 0) is 0 Å². The first-order valence-corrected chi connectivity index (χ1v) is 5.72. The molecule has 0 bridgehead atoms. The van der Waals surface area contributed by atoms with Crippen LogP contribution in [-0.2, 0) is 0 Å². The molecular formula is C15H12N2O. The Morgan fingerprint density at radius 1 is 0.778 bits per heavy atom. The van der Waals surface area contributed by atoms with Crippen molar-refractivity contribution in [3.63, 3.8) is 0 Å². The largest absolute Gasteiger partial charge is 0.394 e. The monoisotopic (exact) mass is 236 g/mol. The predicted octanol–water partition coefficient (Wildman–Crippen LogP) is 3.59. The summed E-state index contributed by atoms with van der Waals surface area (Å²) in [4.78, 5) is 0. The Morgan fingerprint density at radius 3 is 1.94 bits per heavy atom. The molecule has 1 aromatic heterocycles. The van der Waals surface area contributed by atoms with Crippen LogP contribution in [0.1, 0.15) is 0 Å². The highest BCUT2D eigenvalue weighted by atomic mass is 16.5. The molecule has 3 nitrogen and oxygen atoms in total. The number of aromatic nitrogens is 1. The summed E-state index contributed by atoms with van der Waals surface area (Å²) in [5, 5.41) is 4.06. The van der Waals surface area contributed by atoms with Crippen LogP contribution in [0.5, 0.6) is 0 Å². The molecule has 0 unspecified atom stereocenters. The number of hydrogen-bond acceptors (Lipinski definition) is 3. The van der Waals surface area contributed by atoms with Gasteiger partial charge in [-0.2, -0.15) is 0 Å². The fourth-order valence-corrected chi connectivity index (χ4v) is 1.90. The van der Waals surface area contributed by atoms with E-state index >= 15 is 0 Å². The molecule has 0 amide bonds. The van der Waals surface area contributed by atoms with Crippen molar-refractivity contribution < 1.29 is 4.52 Å². The van der Waals surface area contributed by atoms with E-state index in [0.29, 0.717) is 17.1 Å². The van der Waals surface area contributed by atoms with Gasteiger partial charge in [-0.15, -0.1) is 0 Å². The van der Waals surface area contributed by atoms with E-state index < -0.39 is 0 Å². The fraction of sp³-hybridized carbons (Fsp3) is 0. The molecule has 3 heteroatoms. The zero-order valence-electron chi connectivity index (χ0n) is 9.71. The number of nitrogen functional groups attached to an aromatic ring is 1. The first kappa shape index (κ1) is 10.6. The lowest BCUT2D eigenvalue weighted by Gasteiger charge is -1.98. The number of anilines is 1. The summed E-state index contributed by atoms with van der Waals surface area (Å²) in [7, 11) is 0. The summed E-state index contributed by atoms with van der Waals surface area (Å²) in [5.74, 6) is 0.620. The maximum Gasteiger partial charge on any atom is 0.190 e. The summed E-state index contributed by atoms with van der Waals surface area (Å²) in [6.07, 6.45) is 0. The Bertz CT molecular complexity index is 588. The zero-order valence-corrected chi connectivity index (χ0v) is 9.71. The van der Waals surface area contributed by atoms with E-state index in [4.69, 9.17) is 10.3 Å². The van der Waals surface area contributed by atoms with E-state index in [1.165, 1.54) is 0 Å². The van der Waals surface area contributed by atoms with Crippen LogP contribution in [0.2, 0.25) is 0 Å². The average molecular weight is 236 g/mol. The molecule has 18 heavy (non-hydrogen) atoms. The molecular weight excluding hydrogens is 224 g/mol. The minimum Gasteiger partial charge on any atom is -0.394 e. The van der Waals surface area contributed by atoms with Gasteiger partial charge in [0.25, 0.3) is 0 Å². The molecule has 0 aliphatic rings. The van der Waals surface area contributed by atoms with Gasteiger partial charge in [-0.25, -0.2) is 0 Å². The van der Waals surface area contributed by atoms with E-state index in [0.717, 1.165) is 11.1 Å². The third-order valence-corrected chi connectivity index (χ3v) is 2.81. The standard InChI is InChI=1S/C15H12N2O/c16-13-14(11-7-3-1-4-8-11)17-18-15(13)12-9-5-2-6-10-12/h1-10H,16H2. The van der Waals surface area contributed by atoms with Crippen molar-refractivity contribution in [1.82, 2.24) is 5.16 Å². The van der Waals surface area contributed by atoms with Crippen molar-refractivity contribution >= 4 is 5.69 Å². The first-order chi connectivity index (χ1) is 8.86. The van der Waals surface area contributed by atoms with E-state index in [2.05, 4.69) is 5.16 Å². The molecule has 0 spiro atoms. The second-order valence-electron chi connectivity index (χ2n) is 4.01. The van der Waals surface area contributed by atoms with Crippen LogP contribution in [0.25, 0.3) is 22.6 Å². The van der Waals surface area contributed by atoms with E-state index in [1.807, 2.05) is 60.7 Å². The maximum atomic E-state index is 6.11. The number of nitrogens with zero attached hydrogens (tertiary/aromatic N) is 1. The summed E-state index contributed by atoms with van der Waals surface area (Å²) in [5.41, 5.74) is 9.27. The van der Waals surface area contributed by atoms with Crippen LogP contribution in [0.4, 0.5) is 5.69 Å². The predicted molar refractivity (Wildman–Crippen MR) is 71.8 cm³/mol. The zero-order chi connectivity index (χ0) is 12.4. The molecule has 0 aliphatic carbocycles. The third kappa shape index (κ3) is 1.76. The Hall–Kier alpha value is -2.55. The highest BCUT2D eigenvalue weighted by molar-refractivity contribution is 5.83. The van der Waals surface area contributed by atoms with E-state index in [-0.39, 0.29) is 0 Å². The smallest absolute Gasteiger partial charge is 0.190 e. The lowest BCUT2D eigenvalue weighted by atomic mass is 10.1. The molecule has 1 heterocycles. The van der Waals surface area contributed by atoms with E-state index in [1.54, 1.807) is 0 Å². The molecule has 3 rings (SSSR count). The summed E-state index contributed by atoms with van der Waals surface area (Å²) in [6.45, 7) is 0. The van der Waals surface area contributed by atoms with Crippen LogP contribution in [0, 0.1) is 0 Å². The summed E-state index contributed by atoms with van der Waals surface area (Å²) < 4.78 is 5.36. The van der Waals surface area contributed by atoms with Crippen LogP contribution in [0.3, 0.4) is 0 Å². The van der Waals surface area contributed by atoms with Gasteiger partial charge in [0, 0.05) is 11.1 Å². The molecule has 3 aromatic rings. The fourth-order valence-electron chi connectivity index (χ4n) is 1.90. The minimum absolute atomic E-state index is 0.576. The molecule has 88 valence electrons. The van der Waals surface area contributed by atoms with Gasteiger partial charge in [-0.1, -0.05) is 65.8 Å². The molecule has 2 aromatic carbocycles. The first-order valence-electron chi connectivity index (χ1n) is 5.72. The molecule has 0 saturated heterocycles. The van der Waals surface area contributed by atoms with Crippen LogP contribution in [-0.4, -0.2) is 5.16 Å². The molecule has 2 N–H and O–H groups in total. The molecule has 0 atom stereocenters. The van der Waals surface area contributed by atoms with E-state index in [9.17, 15) is 0 Å². The summed E-state index contributed by atoms with van der Waals surface area (Å²) in [6, 6.07) is 19.5. The molecule has 0 radical (unpaired) electrons. The van der Waals surface area contributed by atoms with Gasteiger partial charge in [0.2, 0.25) is 0 Å². The van der Waals surface area contributed by atoms with Gasteiger partial charge in [0.15, 0.2) is 5.76 Å². The van der Waals surface area contributed by atoms with Crippen molar-refractivity contribution in [1.29, 1.82) is 0 Å². The normalized spacial score (nSPS) is 10.4. The van der Waals surface area contributed by atoms with Crippen molar-refractivity contribution in [3.8, 4) is 22.6 Å². The summed E-state index contributed by atoms with van der Waals surface area (Å²) >= 11 is 0. The van der Waals surface area contributed by atoms with Gasteiger partial charge in [0.05, 0.1) is 0 Å². The van der Waals surface area contributed by atoms with Gasteiger partial charge < -0.3 is 10.3 Å². The van der Waals surface area contributed by atoms with Gasteiger partial charge >= 0.3 is 0 Å². The Labute approximate surface area is 105 Å². The Kier molecular flexibility index (Phi) is 2.57. The lowest BCUT2D eigenvalue weighted by Crippen LogP contribution is -1.89. The second kappa shape index (κ2) is 4.37. The lowest BCUT2D eigenvalue weighted by molar-refractivity contribution is 0.435. The quantitative estimate of drug-likeness (QED) is 0.739. The van der Waals surface area contributed by atoms with Crippen molar-refractivity contribution in [3.05, 3.63) is 60.7 Å². The van der Waals surface area contributed by atoms with Crippen LogP contribution >= 0.6 is 0 Å². The SMILES string of the molecule is Nc1c(-c2ccccc2)noc1-c1ccccc1. The molecule has 0 aliphatic heterocycles. The number of rotatable bonds is 2. The Balaban J connectivity index is 2.09. The number of nitrogens with two attached hydrogens (primary N) is 1. The van der Waals surface area contributed by atoms with Crippen LogP contribution < -0.4 is 5.73 Å². The number of benzene rings is 2. The topological polar surface area (TPSA) is 52.0 Å². The minimum atomic E-state index is 0.576. The van der Waals surface area contributed by atoms with Crippen molar-refractivity contribution in [2.45, 2.75) is 0 Å². The molecule has 0 fully saturated rings. The molecule has 0 saturated carbocycles. The second-order valence-corrected chi connectivity index (χ2v) is 4.01. The van der Waals surface area contributed by atoms with Crippen LogP contribution in [0.15, 0.2) is 65.2 Å². The average Bonchev–Trinajstić information content (AvgIpc) is 2.83.